The van der Waals surface area contributed by atoms with Crippen LogP contribution in [0.4, 0.5) is 4.39 Å². The van der Waals surface area contributed by atoms with Crippen molar-refractivity contribution in [3.8, 4) is 0 Å². The summed E-state index contributed by atoms with van der Waals surface area (Å²) in [7, 11) is 0. The second kappa shape index (κ2) is 5.53. The van der Waals surface area contributed by atoms with Crippen LogP contribution in [-0.2, 0) is 6.54 Å². The molecule has 1 atom stereocenters. The van der Waals surface area contributed by atoms with Crippen LogP contribution in [0.2, 0.25) is 0 Å². The van der Waals surface area contributed by atoms with Gasteiger partial charge in [0.2, 0.25) is 0 Å². The molecule has 0 saturated carbocycles. The van der Waals surface area contributed by atoms with Crippen LogP contribution >= 0.6 is 0 Å². The van der Waals surface area contributed by atoms with Gasteiger partial charge >= 0.3 is 0 Å². The fourth-order valence-corrected chi connectivity index (χ4v) is 2.82. The first-order valence-corrected chi connectivity index (χ1v) is 6.80. The average Bonchev–Trinajstić information content (AvgIpc) is 3.08. The molecule has 2 aromatic rings. The Morgan fingerprint density at radius 1 is 1.21 bits per heavy atom. The van der Waals surface area contributed by atoms with Crippen LogP contribution in [0.1, 0.15) is 24.4 Å². The number of hydrogen-bond donors (Lipinski definition) is 0. The highest BCUT2D eigenvalue weighted by atomic mass is 19.1. The summed E-state index contributed by atoms with van der Waals surface area (Å²) in [6.07, 6.45) is 6.16. The number of rotatable bonds is 4. The second-order valence-electron chi connectivity index (χ2n) is 5.01. The van der Waals surface area contributed by atoms with Crippen molar-refractivity contribution < 1.29 is 4.39 Å². The molecule has 3 rings (SSSR count). The zero-order valence-corrected chi connectivity index (χ0v) is 10.9. The third kappa shape index (κ3) is 2.84. The molecule has 1 aromatic carbocycles. The first-order chi connectivity index (χ1) is 9.33. The van der Waals surface area contributed by atoms with E-state index in [0.717, 1.165) is 26.1 Å². The molecule has 4 heteroatoms. The Labute approximate surface area is 112 Å². The Balaban J connectivity index is 1.65. The van der Waals surface area contributed by atoms with E-state index in [9.17, 15) is 4.39 Å². The molecular formula is C15H18FN3. The van der Waals surface area contributed by atoms with Gasteiger partial charge in [-0.1, -0.05) is 12.1 Å². The Morgan fingerprint density at radius 2 is 2.05 bits per heavy atom. The summed E-state index contributed by atoms with van der Waals surface area (Å²) < 4.78 is 14.9. The number of benzene rings is 1. The maximum Gasteiger partial charge on any atom is 0.123 e. The predicted molar refractivity (Wildman–Crippen MR) is 72.2 cm³/mol. The van der Waals surface area contributed by atoms with Crippen LogP contribution in [0, 0.1) is 5.82 Å². The number of aromatic nitrogens is 2. The van der Waals surface area contributed by atoms with Gasteiger partial charge in [-0.15, -0.1) is 0 Å². The van der Waals surface area contributed by atoms with Crippen LogP contribution in [0.15, 0.2) is 42.7 Å². The van der Waals surface area contributed by atoms with Gasteiger partial charge in [0.05, 0.1) is 6.54 Å². The number of halogens is 1. The minimum absolute atomic E-state index is 0.162. The third-order valence-electron chi connectivity index (χ3n) is 3.79. The summed E-state index contributed by atoms with van der Waals surface area (Å²) in [6.45, 7) is 3.01. The van der Waals surface area contributed by atoms with Crippen molar-refractivity contribution in [1.29, 1.82) is 0 Å². The maximum absolute atomic E-state index is 13.0. The van der Waals surface area contributed by atoms with Crippen molar-refractivity contribution in [3.63, 3.8) is 0 Å². The van der Waals surface area contributed by atoms with Gasteiger partial charge in [-0.2, -0.15) is 5.10 Å². The lowest BCUT2D eigenvalue weighted by Crippen LogP contribution is -2.27. The molecule has 0 N–H and O–H groups in total. The third-order valence-corrected chi connectivity index (χ3v) is 3.79. The molecule has 0 aliphatic carbocycles. The summed E-state index contributed by atoms with van der Waals surface area (Å²) in [5.74, 6) is -0.162. The Morgan fingerprint density at radius 3 is 2.79 bits per heavy atom. The van der Waals surface area contributed by atoms with Gasteiger partial charge in [0.25, 0.3) is 0 Å². The van der Waals surface area contributed by atoms with Crippen molar-refractivity contribution in [2.75, 3.05) is 13.1 Å². The molecule has 1 saturated heterocycles. The quantitative estimate of drug-likeness (QED) is 0.842. The van der Waals surface area contributed by atoms with Crippen molar-refractivity contribution in [2.24, 2.45) is 0 Å². The van der Waals surface area contributed by atoms with E-state index in [2.05, 4.69) is 10.00 Å². The minimum atomic E-state index is -0.162. The fraction of sp³-hybridized carbons (Fsp3) is 0.400. The molecule has 2 heterocycles. The summed E-state index contributed by atoms with van der Waals surface area (Å²) >= 11 is 0. The summed E-state index contributed by atoms with van der Waals surface area (Å²) in [6, 6.07) is 9.30. The van der Waals surface area contributed by atoms with Crippen LogP contribution in [0.5, 0.6) is 0 Å². The van der Waals surface area contributed by atoms with E-state index >= 15 is 0 Å². The maximum atomic E-state index is 13.0. The highest BCUT2D eigenvalue weighted by Gasteiger charge is 2.25. The summed E-state index contributed by atoms with van der Waals surface area (Å²) in [5, 5.41) is 4.23. The van der Waals surface area contributed by atoms with Gasteiger partial charge in [-0.05, 0) is 43.1 Å². The zero-order chi connectivity index (χ0) is 13.1. The molecule has 3 nitrogen and oxygen atoms in total. The normalized spacial score (nSPS) is 19.9. The fourth-order valence-electron chi connectivity index (χ4n) is 2.82. The van der Waals surface area contributed by atoms with E-state index in [1.807, 2.05) is 29.1 Å². The van der Waals surface area contributed by atoms with Crippen molar-refractivity contribution >= 4 is 0 Å². The Bertz CT molecular complexity index is 507. The van der Waals surface area contributed by atoms with Gasteiger partial charge in [0.1, 0.15) is 5.82 Å². The molecule has 0 unspecified atom stereocenters. The van der Waals surface area contributed by atoms with Gasteiger partial charge in [0.15, 0.2) is 0 Å². The van der Waals surface area contributed by atoms with Gasteiger partial charge in [-0.3, -0.25) is 9.58 Å². The van der Waals surface area contributed by atoms with Crippen LogP contribution in [-0.4, -0.2) is 27.8 Å². The topological polar surface area (TPSA) is 21.1 Å². The monoisotopic (exact) mass is 259 g/mol. The predicted octanol–water partition coefficient (Wildman–Crippen LogP) is 2.86. The van der Waals surface area contributed by atoms with E-state index < -0.39 is 0 Å². The van der Waals surface area contributed by atoms with Gasteiger partial charge < -0.3 is 0 Å². The summed E-state index contributed by atoms with van der Waals surface area (Å²) in [4.78, 5) is 2.47. The van der Waals surface area contributed by atoms with Crippen molar-refractivity contribution in [3.05, 3.63) is 54.1 Å². The van der Waals surface area contributed by atoms with Crippen molar-refractivity contribution in [1.82, 2.24) is 14.7 Å². The molecule has 0 amide bonds. The molecule has 0 radical (unpaired) electrons. The molecule has 19 heavy (non-hydrogen) atoms. The molecule has 1 fully saturated rings. The SMILES string of the molecule is Fc1ccc([C@H]2CCCN2CCn2cccn2)cc1. The lowest BCUT2D eigenvalue weighted by atomic mass is 10.0. The first-order valence-electron chi connectivity index (χ1n) is 6.80. The molecular weight excluding hydrogens is 241 g/mol. The minimum Gasteiger partial charge on any atom is -0.294 e. The lowest BCUT2D eigenvalue weighted by Gasteiger charge is -2.24. The largest absolute Gasteiger partial charge is 0.294 e. The first kappa shape index (κ1) is 12.4. The zero-order valence-electron chi connectivity index (χ0n) is 10.9. The lowest BCUT2D eigenvalue weighted by molar-refractivity contribution is 0.243. The number of likely N-dealkylation sites (tertiary alicyclic amines) is 1. The van der Waals surface area contributed by atoms with E-state index in [1.54, 1.807) is 18.3 Å². The smallest absolute Gasteiger partial charge is 0.123 e. The van der Waals surface area contributed by atoms with Crippen LogP contribution < -0.4 is 0 Å². The van der Waals surface area contributed by atoms with Crippen molar-refractivity contribution in [2.45, 2.75) is 25.4 Å². The highest BCUT2D eigenvalue weighted by Crippen LogP contribution is 2.31. The standard InChI is InChI=1S/C15H18FN3/c16-14-6-4-13(5-7-14)15-3-1-9-18(15)11-12-19-10-2-8-17-19/h2,4-8,10,15H,1,3,9,11-12H2/t15-/m1/s1. The van der Waals surface area contributed by atoms with E-state index in [-0.39, 0.29) is 5.82 Å². The molecule has 0 spiro atoms. The number of hydrogen-bond acceptors (Lipinski definition) is 2. The Kier molecular flexibility index (Phi) is 3.60. The molecule has 1 aliphatic heterocycles. The molecule has 1 aromatic heterocycles. The van der Waals surface area contributed by atoms with E-state index in [1.165, 1.54) is 12.0 Å². The van der Waals surface area contributed by atoms with E-state index in [4.69, 9.17) is 0 Å². The molecule has 1 aliphatic rings. The van der Waals surface area contributed by atoms with Gasteiger partial charge in [0, 0.05) is 25.0 Å². The highest BCUT2D eigenvalue weighted by molar-refractivity contribution is 5.20. The number of nitrogens with zero attached hydrogens (tertiary/aromatic N) is 3. The second-order valence-corrected chi connectivity index (χ2v) is 5.01. The molecule has 0 bridgehead atoms. The molecule has 100 valence electrons. The van der Waals surface area contributed by atoms with E-state index in [0.29, 0.717) is 6.04 Å². The van der Waals surface area contributed by atoms with Gasteiger partial charge in [-0.25, -0.2) is 4.39 Å². The average molecular weight is 259 g/mol. The van der Waals surface area contributed by atoms with Crippen LogP contribution in [0.3, 0.4) is 0 Å². The summed E-state index contributed by atoms with van der Waals surface area (Å²) in [5.41, 5.74) is 1.22. The Hall–Kier alpha value is -1.68. The van der Waals surface area contributed by atoms with Crippen LogP contribution in [0.25, 0.3) is 0 Å².